The van der Waals surface area contributed by atoms with E-state index in [1.165, 1.54) is 0 Å². The van der Waals surface area contributed by atoms with Crippen LogP contribution in [0.5, 0.6) is 0 Å². The molecule has 0 unspecified atom stereocenters. The lowest BCUT2D eigenvalue weighted by molar-refractivity contribution is -0.156. The van der Waals surface area contributed by atoms with Gasteiger partial charge < -0.3 is 4.74 Å². The number of halogens is 3. The Bertz CT molecular complexity index is 308. The average molecular weight is 192 g/mol. The molecule has 0 fully saturated rings. The van der Waals surface area contributed by atoms with Gasteiger partial charge in [-0.3, -0.25) is 0 Å². The van der Waals surface area contributed by atoms with Crippen LogP contribution in [0.2, 0.25) is 0 Å². The number of allylic oxidation sites excluding steroid dienone is 1. The summed E-state index contributed by atoms with van der Waals surface area (Å²) >= 11 is 0. The highest BCUT2D eigenvalue weighted by Crippen LogP contribution is 2.15. The van der Waals surface area contributed by atoms with Crippen molar-refractivity contribution in [2.45, 2.75) is 20.0 Å². The van der Waals surface area contributed by atoms with Gasteiger partial charge in [0.05, 0.1) is 5.57 Å². The molecule has 0 aromatic carbocycles. The summed E-state index contributed by atoms with van der Waals surface area (Å²) in [6.07, 6.45) is -2.63. The first-order valence-corrected chi connectivity index (χ1v) is 3.69. The smallest absolute Gasteiger partial charge is 0.422 e. The van der Waals surface area contributed by atoms with Crippen LogP contribution in [-0.2, 0) is 4.74 Å². The molecule has 0 aromatic rings. The molecule has 0 N–H and O–H groups in total. The molecule has 72 valence electrons. The Labute approximate surface area is 73.4 Å². The number of ether oxygens (including phenoxy) is 1. The molecule has 0 bridgehead atoms. The van der Waals surface area contributed by atoms with Gasteiger partial charge in [-0.25, -0.2) is 0 Å². The van der Waals surface area contributed by atoms with Gasteiger partial charge in [0.15, 0.2) is 6.61 Å². The van der Waals surface area contributed by atoms with E-state index in [4.69, 9.17) is 0 Å². The summed E-state index contributed by atoms with van der Waals surface area (Å²) in [7, 11) is 0. The molecule has 1 aliphatic rings. The van der Waals surface area contributed by atoms with Gasteiger partial charge in [0.1, 0.15) is 0 Å². The molecule has 0 radical (unpaired) electrons. The van der Waals surface area contributed by atoms with Crippen molar-refractivity contribution in [3.63, 3.8) is 0 Å². The minimum atomic E-state index is -4.31. The van der Waals surface area contributed by atoms with Crippen molar-refractivity contribution in [1.29, 1.82) is 0 Å². The third-order valence-electron chi connectivity index (χ3n) is 1.41. The molecule has 2 nitrogen and oxygen atoms in total. The topological polar surface area (TPSA) is 23.3 Å². The van der Waals surface area contributed by atoms with Crippen LogP contribution in [-0.4, -0.2) is 24.4 Å². The first-order valence-electron chi connectivity index (χ1n) is 3.69. The van der Waals surface area contributed by atoms with Gasteiger partial charge in [-0.05, 0) is 11.6 Å². The summed E-state index contributed by atoms with van der Waals surface area (Å²) in [5, 5.41) is 0. The van der Waals surface area contributed by atoms with Crippen molar-refractivity contribution in [2.24, 2.45) is 0 Å². The molecule has 5 heteroatoms. The van der Waals surface area contributed by atoms with Gasteiger partial charge in [0.25, 0.3) is 0 Å². The van der Waals surface area contributed by atoms with Gasteiger partial charge in [-0.1, -0.05) is 0 Å². The molecule has 0 aromatic heterocycles. The molecule has 13 heavy (non-hydrogen) atoms. The fourth-order valence-corrected chi connectivity index (χ4v) is 0.952. The number of hydrogen-bond donors (Lipinski definition) is 0. The van der Waals surface area contributed by atoms with Crippen LogP contribution in [0, 0.1) is 0 Å². The summed E-state index contributed by atoms with van der Waals surface area (Å²) in [6.45, 7) is 2.07. The van der Waals surface area contributed by atoms with Gasteiger partial charge in [-0.15, -0.1) is 0 Å². The number of alkyl halides is 3. The maximum atomic E-state index is 11.7. The van der Waals surface area contributed by atoms with Crippen molar-refractivity contribution >= 4 is 11.6 Å². The molecule has 0 amide bonds. The van der Waals surface area contributed by atoms with Crippen molar-refractivity contribution in [1.82, 2.24) is 4.67 Å². The number of hydrogen-bond acceptors (Lipinski definition) is 1. The second-order valence-corrected chi connectivity index (χ2v) is 2.79. The van der Waals surface area contributed by atoms with Crippen molar-refractivity contribution in [3.8, 4) is 0 Å². The zero-order chi connectivity index (χ0) is 10.1. The predicted molar refractivity (Wildman–Crippen MR) is 43.6 cm³/mol. The average Bonchev–Trinajstić information content (AvgIpc) is 2.24. The molecular formula is C8H9F3NO+. The van der Waals surface area contributed by atoms with Crippen LogP contribution in [0.15, 0.2) is 11.6 Å². The fraction of sp³-hybridized carbons (Fsp3) is 0.500. The molecule has 1 heterocycles. The van der Waals surface area contributed by atoms with Crippen LogP contribution >= 0.6 is 0 Å². The lowest BCUT2D eigenvalue weighted by atomic mass is 10.3. The summed E-state index contributed by atoms with van der Waals surface area (Å²) in [4.78, 5) is 0. The molecular weight excluding hydrogens is 183 g/mol. The summed E-state index contributed by atoms with van der Waals surface area (Å²) < 4.78 is 43.5. The van der Waals surface area contributed by atoms with E-state index >= 15 is 0 Å². The van der Waals surface area contributed by atoms with E-state index in [1.54, 1.807) is 19.9 Å². The third kappa shape index (κ3) is 2.95. The van der Waals surface area contributed by atoms with Crippen molar-refractivity contribution in [3.05, 3.63) is 11.6 Å². The standard InChI is InChI=1S/C8H9F3NO/c1-5-3-6(2)12-7(5)13-4-8(9,10)11/h3H,4H2,1-2H3/q+1. The first kappa shape index (κ1) is 9.86. The maximum absolute atomic E-state index is 11.7. The Morgan fingerprint density at radius 1 is 1.38 bits per heavy atom. The number of rotatable bonds is 1. The Morgan fingerprint density at radius 3 is 2.38 bits per heavy atom. The van der Waals surface area contributed by atoms with Crippen molar-refractivity contribution < 1.29 is 17.9 Å². The van der Waals surface area contributed by atoms with Gasteiger partial charge >= 0.3 is 17.8 Å². The Balaban J connectivity index is 2.58. The lowest BCUT2D eigenvalue weighted by Gasteiger charge is -2.03. The highest BCUT2D eigenvalue weighted by atomic mass is 19.4. The van der Waals surface area contributed by atoms with Gasteiger partial charge in [-0.2, -0.15) is 13.2 Å². The van der Waals surface area contributed by atoms with E-state index in [0.29, 0.717) is 11.3 Å². The van der Waals surface area contributed by atoms with E-state index in [9.17, 15) is 13.2 Å². The Hall–Kier alpha value is -1.22. The fourth-order valence-electron chi connectivity index (χ4n) is 0.952. The van der Waals surface area contributed by atoms with E-state index in [1.807, 2.05) is 0 Å². The monoisotopic (exact) mass is 192 g/mol. The van der Waals surface area contributed by atoms with Crippen LogP contribution in [0.1, 0.15) is 13.8 Å². The molecule has 1 aliphatic heterocycles. The van der Waals surface area contributed by atoms with Crippen LogP contribution in [0.4, 0.5) is 13.2 Å². The molecule has 0 aliphatic carbocycles. The summed E-state index contributed by atoms with van der Waals surface area (Å²) in [5.74, 6) is 0.0647. The van der Waals surface area contributed by atoms with E-state index in [-0.39, 0.29) is 5.90 Å². The van der Waals surface area contributed by atoms with E-state index in [2.05, 4.69) is 9.40 Å². The quantitative estimate of drug-likeness (QED) is 0.577. The number of nitrogens with zero attached hydrogens (tertiary/aromatic N) is 1. The molecule has 0 saturated carbocycles. The van der Waals surface area contributed by atoms with Crippen LogP contribution in [0.25, 0.3) is 0 Å². The highest BCUT2D eigenvalue weighted by molar-refractivity contribution is 6.09. The SMILES string of the molecule is CC1=CC(C)=[N+]=C1OCC(F)(F)F. The summed E-state index contributed by atoms with van der Waals surface area (Å²) in [6, 6.07) is 0. The first-order chi connectivity index (χ1) is 5.88. The summed E-state index contributed by atoms with van der Waals surface area (Å²) in [5.41, 5.74) is 1.29. The van der Waals surface area contributed by atoms with Gasteiger partial charge in [0, 0.05) is 13.0 Å². The second kappa shape index (κ2) is 3.26. The second-order valence-electron chi connectivity index (χ2n) is 2.79. The highest BCUT2D eigenvalue weighted by Gasteiger charge is 2.33. The van der Waals surface area contributed by atoms with E-state index < -0.39 is 12.8 Å². The predicted octanol–water partition coefficient (Wildman–Crippen LogP) is 1.45. The zero-order valence-corrected chi connectivity index (χ0v) is 7.27. The van der Waals surface area contributed by atoms with Gasteiger partial charge in [0.2, 0.25) is 0 Å². The Morgan fingerprint density at radius 2 is 2.00 bits per heavy atom. The molecule has 0 atom stereocenters. The largest absolute Gasteiger partial charge is 0.491 e. The zero-order valence-electron chi connectivity index (χ0n) is 7.27. The van der Waals surface area contributed by atoms with E-state index in [0.717, 1.165) is 0 Å². The maximum Gasteiger partial charge on any atom is 0.491 e. The van der Waals surface area contributed by atoms with Crippen molar-refractivity contribution in [2.75, 3.05) is 6.61 Å². The molecule has 0 saturated heterocycles. The lowest BCUT2D eigenvalue weighted by Crippen LogP contribution is -2.21. The minimum absolute atomic E-state index is 0.0647. The van der Waals surface area contributed by atoms with Crippen LogP contribution < -0.4 is 4.67 Å². The Kier molecular flexibility index (Phi) is 2.48. The molecule has 0 spiro atoms. The molecule has 1 rings (SSSR count). The normalized spacial score (nSPS) is 16.5. The minimum Gasteiger partial charge on any atom is -0.422 e. The van der Waals surface area contributed by atoms with Crippen LogP contribution in [0.3, 0.4) is 0 Å². The third-order valence-corrected chi connectivity index (χ3v) is 1.41.